The van der Waals surface area contributed by atoms with Crippen molar-refractivity contribution in [1.82, 2.24) is 0 Å². The zero-order chi connectivity index (χ0) is 11.4. The third-order valence-electron chi connectivity index (χ3n) is 2.16. The third-order valence-corrected chi connectivity index (χ3v) is 2.16. The van der Waals surface area contributed by atoms with Gasteiger partial charge in [-0.15, -0.1) is 0 Å². The lowest BCUT2D eigenvalue weighted by molar-refractivity contribution is -0.146. The van der Waals surface area contributed by atoms with Gasteiger partial charge in [0, 0.05) is 13.2 Å². The van der Waals surface area contributed by atoms with Crippen LogP contribution in [0.1, 0.15) is 52.4 Å². The Morgan fingerprint density at radius 2 is 1.53 bits per heavy atom. The largest absolute Gasteiger partial charge is 0.353 e. The van der Waals surface area contributed by atoms with E-state index in [0.29, 0.717) is 0 Å². The molecule has 92 valence electrons. The van der Waals surface area contributed by atoms with Gasteiger partial charge in [-0.25, -0.2) is 0 Å². The van der Waals surface area contributed by atoms with Crippen molar-refractivity contribution in [2.24, 2.45) is 5.73 Å². The molecular weight excluding hydrogens is 190 g/mol. The fourth-order valence-corrected chi connectivity index (χ4v) is 1.35. The van der Waals surface area contributed by atoms with Gasteiger partial charge in [0.05, 0.1) is 0 Å². The SMILES string of the molecule is CCCOC(CCCCCN)OCCC. The fraction of sp³-hybridized carbons (Fsp3) is 1.00. The molecule has 0 aliphatic carbocycles. The first kappa shape index (κ1) is 14.9. The van der Waals surface area contributed by atoms with Crippen LogP contribution in [0.5, 0.6) is 0 Å². The topological polar surface area (TPSA) is 44.5 Å². The van der Waals surface area contributed by atoms with Crippen LogP contribution in [0.15, 0.2) is 0 Å². The van der Waals surface area contributed by atoms with Gasteiger partial charge in [0.1, 0.15) is 0 Å². The zero-order valence-corrected chi connectivity index (χ0v) is 10.3. The summed E-state index contributed by atoms with van der Waals surface area (Å²) < 4.78 is 11.2. The van der Waals surface area contributed by atoms with Gasteiger partial charge < -0.3 is 15.2 Å². The van der Waals surface area contributed by atoms with Crippen LogP contribution < -0.4 is 5.73 Å². The molecule has 3 nitrogen and oxygen atoms in total. The fourth-order valence-electron chi connectivity index (χ4n) is 1.35. The first-order valence-electron chi connectivity index (χ1n) is 6.28. The minimum absolute atomic E-state index is 0.00248. The highest BCUT2D eigenvalue weighted by molar-refractivity contribution is 4.49. The molecule has 0 aromatic heterocycles. The Balaban J connectivity index is 3.49. The van der Waals surface area contributed by atoms with Crippen LogP contribution in [-0.4, -0.2) is 26.0 Å². The van der Waals surface area contributed by atoms with Crippen LogP contribution >= 0.6 is 0 Å². The van der Waals surface area contributed by atoms with Crippen LogP contribution in [-0.2, 0) is 9.47 Å². The number of unbranched alkanes of at least 4 members (excludes halogenated alkanes) is 2. The average Bonchev–Trinajstić information content (AvgIpc) is 2.27. The molecule has 0 saturated carbocycles. The molecule has 0 amide bonds. The Kier molecular flexibility index (Phi) is 11.9. The monoisotopic (exact) mass is 217 g/mol. The summed E-state index contributed by atoms with van der Waals surface area (Å²) in [7, 11) is 0. The summed E-state index contributed by atoms with van der Waals surface area (Å²) in [5, 5.41) is 0. The van der Waals surface area contributed by atoms with E-state index in [1.165, 1.54) is 6.42 Å². The van der Waals surface area contributed by atoms with Crippen LogP contribution in [0.3, 0.4) is 0 Å². The molecule has 3 heteroatoms. The van der Waals surface area contributed by atoms with Crippen molar-refractivity contribution in [2.45, 2.75) is 58.7 Å². The second kappa shape index (κ2) is 12.0. The van der Waals surface area contributed by atoms with E-state index in [-0.39, 0.29) is 6.29 Å². The number of ether oxygens (including phenoxy) is 2. The van der Waals surface area contributed by atoms with Crippen molar-refractivity contribution in [3.8, 4) is 0 Å². The maximum Gasteiger partial charge on any atom is 0.157 e. The quantitative estimate of drug-likeness (QED) is 0.427. The van der Waals surface area contributed by atoms with E-state index in [2.05, 4.69) is 13.8 Å². The summed E-state index contributed by atoms with van der Waals surface area (Å²) in [6.45, 7) is 6.61. The Labute approximate surface area is 94.3 Å². The molecule has 0 aromatic rings. The van der Waals surface area contributed by atoms with Crippen LogP contribution in [0.4, 0.5) is 0 Å². The highest BCUT2D eigenvalue weighted by Gasteiger charge is 2.07. The van der Waals surface area contributed by atoms with E-state index in [9.17, 15) is 0 Å². The van der Waals surface area contributed by atoms with Gasteiger partial charge in [-0.2, -0.15) is 0 Å². The first-order valence-corrected chi connectivity index (χ1v) is 6.28. The molecule has 0 saturated heterocycles. The predicted octanol–water partition coefficient (Wildman–Crippen LogP) is 2.68. The van der Waals surface area contributed by atoms with Gasteiger partial charge in [0.25, 0.3) is 0 Å². The lowest BCUT2D eigenvalue weighted by Gasteiger charge is -2.17. The van der Waals surface area contributed by atoms with E-state index in [4.69, 9.17) is 15.2 Å². The van der Waals surface area contributed by atoms with Gasteiger partial charge >= 0.3 is 0 Å². The van der Waals surface area contributed by atoms with Gasteiger partial charge in [-0.05, 0) is 38.6 Å². The van der Waals surface area contributed by atoms with Gasteiger partial charge in [0.2, 0.25) is 0 Å². The molecule has 0 atom stereocenters. The lowest BCUT2D eigenvalue weighted by Crippen LogP contribution is -2.18. The summed E-state index contributed by atoms with van der Waals surface area (Å²) in [5.74, 6) is 0. The number of hydrogen-bond donors (Lipinski definition) is 1. The Morgan fingerprint density at radius 3 is 2.00 bits per heavy atom. The maximum absolute atomic E-state index is 5.62. The molecule has 0 unspecified atom stereocenters. The van der Waals surface area contributed by atoms with E-state index in [1.54, 1.807) is 0 Å². The van der Waals surface area contributed by atoms with Crippen molar-refractivity contribution in [1.29, 1.82) is 0 Å². The van der Waals surface area contributed by atoms with E-state index >= 15 is 0 Å². The zero-order valence-electron chi connectivity index (χ0n) is 10.3. The van der Waals surface area contributed by atoms with Gasteiger partial charge in [-0.3, -0.25) is 0 Å². The molecule has 0 aliphatic rings. The average molecular weight is 217 g/mol. The minimum Gasteiger partial charge on any atom is -0.353 e. The van der Waals surface area contributed by atoms with Gasteiger partial charge in [-0.1, -0.05) is 20.3 Å². The maximum atomic E-state index is 5.62. The van der Waals surface area contributed by atoms with E-state index < -0.39 is 0 Å². The Hall–Kier alpha value is -0.120. The van der Waals surface area contributed by atoms with Crippen molar-refractivity contribution in [2.75, 3.05) is 19.8 Å². The predicted molar refractivity (Wildman–Crippen MR) is 63.8 cm³/mol. The van der Waals surface area contributed by atoms with Crippen molar-refractivity contribution >= 4 is 0 Å². The summed E-state index contributed by atoms with van der Waals surface area (Å²) >= 11 is 0. The Morgan fingerprint density at radius 1 is 0.933 bits per heavy atom. The third kappa shape index (κ3) is 10.2. The smallest absolute Gasteiger partial charge is 0.157 e. The molecule has 0 bridgehead atoms. The second-order valence-corrected chi connectivity index (χ2v) is 3.81. The molecule has 15 heavy (non-hydrogen) atoms. The van der Waals surface area contributed by atoms with Gasteiger partial charge in [0.15, 0.2) is 6.29 Å². The molecular formula is C12H27NO2. The Bertz CT molecular complexity index is 112. The highest BCUT2D eigenvalue weighted by Crippen LogP contribution is 2.09. The molecule has 0 fully saturated rings. The summed E-state index contributed by atoms with van der Waals surface area (Å²) in [4.78, 5) is 0. The van der Waals surface area contributed by atoms with Crippen molar-refractivity contribution < 1.29 is 9.47 Å². The number of nitrogens with two attached hydrogens (primary N) is 1. The van der Waals surface area contributed by atoms with Crippen molar-refractivity contribution in [3.05, 3.63) is 0 Å². The first-order chi connectivity index (χ1) is 7.35. The van der Waals surface area contributed by atoms with Crippen molar-refractivity contribution in [3.63, 3.8) is 0 Å². The van der Waals surface area contributed by atoms with Crippen LogP contribution in [0.25, 0.3) is 0 Å². The summed E-state index contributed by atoms with van der Waals surface area (Å²) in [5.41, 5.74) is 5.44. The second-order valence-electron chi connectivity index (χ2n) is 3.81. The number of hydrogen-bond acceptors (Lipinski definition) is 3. The molecule has 0 rings (SSSR count). The van der Waals surface area contributed by atoms with E-state index in [0.717, 1.165) is 51.9 Å². The molecule has 0 aromatic carbocycles. The molecule has 0 radical (unpaired) electrons. The van der Waals surface area contributed by atoms with E-state index in [1.807, 2.05) is 0 Å². The summed E-state index contributed by atoms with van der Waals surface area (Å²) in [6.07, 6.45) is 6.54. The lowest BCUT2D eigenvalue weighted by atomic mass is 10.2. The molecule has 0 aliphatic heterocycles. The molecule has 0 heterocycles. The number of rotatable bonds is 11. The minimum atomic E-state index is 0.00248. The summed E-state index contributed by atoms with van der Waals surface area (Å²) in [6, 6.07) is 0. The standard InChI is InChI=1S/C12H27NO2/c1-3-10-14-12(15-11-4-2)8-6-5-7-9-13/h12H,3-11,13H2,1-2H3. The molecule has 2 N–H and O–H groups in total. The van der Waals surface area contributed by atoms with Crippen LogP contribution in [0.2, 0.25) is 0 Å². The molecule has 0 spiro atoms. The normalized spacial score (nSPS) is 11.2. The van der Waals surface area contributed by atoms with Crippen LogP contribution in [0, 0.1) is 0 Å². The highest BCUT2D eigenvalue weighted by atomic mass is 16.7.